The predicted molar refractivity (Wildman–Crippen MR) is 101 cm³/mol. The van der Waals surface area contributed by atoms with Crippen LogP contribution >= 0.6 is 0 Å². The maximum Gasteiger partial charge on any atom is 0.500 e. The fraction of sp³-hybridized carbons (Fsp3) is 0.300. The van der Waals surface area contributed by atoms with Crippen LogP contribution in [0.15, 0.2) is 54.6 Å². The van der Waals surface area contributed by atoms with Gasteiger partial charge >= 0.3 is 8.80 Å². The molecule has 0 fully saturated rings. The number of benzene rings is 3. The number of fused-ring (bicyclic) bond motifs is 3. The molecule has 0 radical (unpaired) electrons. The molecule has 0 aliphatic rings. The zero-order valence-corrected chi connectivity index (χ0v) is 15.5. The summed E-state index contributed by atoms with van der Waals surface area (Å²) >= 11 is 0. The van der Waals surface area contributed by atoms with Crippen molar-refractivity contribution in [3.8, 4) is 0 Å². The van der Waals surface area contributed by atoms with Crippen molar-refractivity contribution in [1.82, 2.24) is 0 Å². The van der Waals surface area contributed by atoms with Crippen LogP contribution in [-0.4, -0.2) is 30.1 Å². The van der Waals surface area contributed by atoms with Crippen LogP contribution in [0.2, 0.25) is 6.04 Å². The first kappa shape index (κ1) is 17.1. The summed E-state index contributed by atoms with van der Waals surface area (Å²) in [6.07, 6.45) is 1.96. The van der Waals surface area contributed by atoms with Crippen LogP contribution in [0, 0.1) is 0 Å². The third kappa shape index (κ3) is 3.23. The second kappa shape index (κ2) is 7.45. The van der Waals surface area contributed by atoms with E-state index in [0.717, 1.165) is 18.9 Å². The molecule has 0 aromatic heterocycles. The van der Waals surface area contributed by atoms with Crippen molar-refractivity contribution >= 4 is 30.3 Å². The van der Waals surface area contributed by atoms with Crippen molar-refractivity contribution in [1.29, 1.82) is 0 Å². The molecule has 0 aliphatic heterocycles. The predicted octanol–water partition coefficient (Wildman–Crippen LogP) is 4.80. The minimum Gasteiger partial charge on any atom is -0.377 e. The van der Waals surface area contributed by atoms with E-state index in [4.69, 9.17) is 13.3 Å². The molecule has 0 aliphatic carbocycles. The normalized spacial score (nSPS) is 12.1. The van der Waals surface area contributed by atoms with Crippen molar-refractivity contribution < 1.29 is 13.3 Å². The number of rotatable bonds is 7. The van der Waals surface area contributed by atoms with E-state index in [1.54, 1.807) is 21.3 Å². The lowest BCUT2D eigenvalue weighted by atomic mass is 9.95. The zero-order valence-electron chi connectivity index (χ0n) is 14.5. The first-order valence-electron chi connectivity index (χ1n) is 8.28. The highest BCUT2D eigenvalue weighted by Gasteiger charge is 2.36. The summed E-state index contributed by atoms with van der Waals surface area (Å²) in [5, 5.41) is 5.25. The van der Waals surface area contributed by atoms with Gasteiger partial charge < -0.3 is 13.3 Å². The monoisotopic (exact) mass is 340 g/mol. The largest absolute Gasteiger partial charge is 0.500 e. The Morgan fingerprint density at radius 1 is 0.750 bits per heavy atom. The molecule has 0 atom stereocenters. The standard InChI is InChI=1S/C20H24O3Si/c1-21-24(22-2,23-3)14-8-10-17-15-16-9-4-5-11-18(16)20-13-7-6-12-19(17)20/h4-7,9,11-13,15H,8,10,14H2,1-3H3. The van der Waals surface area contributed by atoms with Crippen LogP contribution in [0.4, 0.5) is 0 Å². The summed E-state index contributed by atoms with van der Waals surface area (Å²) in [4.78, 5) is 0. The molecular formula is C20H24O3Si. The van der Waals surface area contributed by atoms with Gasteiger partial charge in [-0.05, 0) is 39.9 Å². The van der Waals surface area contributed by atoms with Gasteiger partial charge in [-0.25, -0.2) is 0 Å². The van der Waals surface area contributed by atoms with E-state index in [-0.39, 0.29) is 0 Å². The average molecular weight is 340 g/mol. The maximum absolute atomic E-state index is 5.53. The highest BCUT2D eigenvalue weighted by atomic mass is 28.4. The Balaban J connectivity index is 1.91. The van der Waals surface area contributed by atoms with Gasteiger partial charge in [0.25, 0.3) is 0 Å². The quantitative estimate of drug-likeness (QED) is 0.456. The first-order valence-corrected chi connectivity index (χ1v) is 10.2. The summed E-state index contributed by atoms with van der Waals surface area (Å²) in [5.41, 5.74) is 1.37. The molecule has 0 N–H and O–H groups in total. The maximum atomic E-state index is 5.53. The van der Waals surface area contributed by atoms with Gasteiger partial charge in [0.15, 0.2) is 0 Å². The summed E-state index contributed by atoms with van der Waals surface area (Å²) in [6.45, 7) is 0. The molecule has 0 saturated carbocycles. The lowest BCUT2D eigenvalue weighted by Crippen LogP contribution is -2.42. The molecule has 3 aromatic carbocycles. The first-order chi connectivity index (χ1) is 11.7. The van der Waals surface area contributed by atoms with E-state index >= 15 is 0 Å². The van der Waals surface area contributed by atoms with E-state index in [0.29, 0.717) is 0 Å². The smallest absolute Gasteiger partial charge is 0.377 e. The number of aryl methyl sites for hydroxylation is 1. The van der Waals surface area contributed by atoms with Crippen LogP contribution in [0.1, 0.15) is 12.0 Å². The Hall–Kier alpha value is -1.72. The molecule has 0 bridgehead atoms. The van der Waals surface area contributed by atoms with E-state index in [2.05, 4.69) is 54.6 Å². The Bertz CT molecular complexity index is 819. The molecule has 0 heterocycles. The van der Waals surface area contributed by atoms with Crippen molar-refractivity contribution in [3.05, 3.63) is 60.2 Å². The molecule has 4 heteroatoms. The molecule has 3 rings (SSSR count). The molecule has 3 aromatic rings. The fourth-order valence-electron chi connectivity index (χ4n) is 3.39. The highest BCUT2D eigenvalue weighted by Crippen LogP contribution is 2.30. The highest BCUT2D eigenvalue weighted by molar-refractivity contribution is 6.60. The number of hydrogen-bond donors (Lipinski definition) is 0. The Kier molecular flexibility index (Phi) is 5.31. The summed E-state index contributed by atoms with van der Waals surface area (Å²) in [7, 11) is 2.52. The molecule has 126 valence electrons. The van der Waals surface area contributed by atoms with Crippen LogP contribution in [-0.2, 0) is 19.7 Å². The van der Waals surface area contributed by atoms with Crippen LogP contribution in [0.25, 0.3) is 21.5 Å². The van der Waals surface area contributed by atoms with Crippen molar-refractivity contribution in [2.45, 2.75) is 18.9 Å². The van der Waals surface area contributed by atoms with Gasteiger partial charge in [-0.15, -0.1) is 0 Å². The van der Waals surface area contributed by atoms with Crippen molar-refractivity contribution in [2.75, 3.05) is 21.3 Å². The van der Waals surface area contributed by atoms with Gasteiger partial charge in [0.1, 0.15) is 0 Å². The van der Waals surface area contributed by atoms with E-state index < -0.39 is 8.80 Å². The van der Waals surface area contributed by atoms with Gasteiger partial charge in [0.05, 0.1) is 0 Å². The Morgan fingerprint density at radius 3 is 2.00 bits per heavy atom. The zero-order chi connectivity index (χ0) is 17.0. The summed E-state index contributed by atoms with van der Waals surface area (Å²) in [6, 6.07) is 20.3. The van der Waals surface area contributed by atoms with Gasteiger partial charge in [0.2, 0.25) is 0 Å². The minimum absolute atomic E-state index is 0.817. The molecule has 24 heavy (non-hydrogen) atoms. The molecule has 0 spiro atoms. The lowest BCUT2D eigenvalue weighted by Gasteiger charge is -2.24. The van der Waals surface area contributed by atoms with Gasteiger partial charge in [-0.2, -0.15) is 0 Å². The number of hydrogen-bond acceptors (Lipinski definition) is 3. The molecule has 3 nitrogen and oxygen atoms in total. The third-order valence-electron chi connectivity index (χ3n) is 4.72. The van der Waals surface area contributed by atoms with Gasteiger partial charge in [-0.1, -0.05) is 54.6 Å². The Morgan fingerprint density at radius 2 is 1.33 bits per heavy atom. The topological polar surface area (TPSA) is 27.7 Å². The van der Waals surface area contributed by atoms with E-state index in [1.165, 1.54) is 27.1 Å². The summed E-state index contributed by atoms with van der Waals surface area (Å²) < 4.78 is 16.6. The molecular weight excluding hydrogens is 316 g/mol. The second-order valence-corrected chi connectivity index (χ2v) is 9.04. The molecule has 0 amide bonds. The van der Waals surface area contributed by atoms with Crippen LogP contribution in [0.5, 0.6) is 0 Å². The van der Waals surface area contributed by atoms with Crippen molar-refractivity contribution in [3.63, 3.8) is 0 Å². The minimum atomic E-state index is -2.49. The SMILES string of the molecule is CO[Si](CCCc1cc2ccccc2c2ccccc12)(OC)OC. The summed E-state index contributed by atoms with van der Waals surface area (Å²) in [5.74, 6) is 0. The van der Waals surface area contributed by atoms with E-state index in [1.807, 2.05) is 0 Å². The average Bonchev–Trinajstić information content (AvgIpc) is 2.66. The molecule has 0 unspecified atom stereocenters. The van der Waals surface area contributed by atoms with Gasteiger partial charge in [-0.3, -0.25) is 0 Å². The Labute approximate surface area is 144 Å². The molecule has 0 saturated heterocycles. The van der Waals surface area contributed by atoms with Crippen molar-refractivity contribution in [2.24, 2.45) is 0 Å². The second-order valence-electron chi connectivity index (χ2n) is 5.95. The van der Waals surface area contributed by atoms with Crippen LogP contribution < -0.4 is 0 Å². The van der Waals surface area contributed by atoms with Gasteiger partial charge in [0, 0.05) is 27.4 Å². The third-order valence-corrected chi connectivity index (χ3v) is 7.55. The van der Waals surface area contributed by atoms with E-state index in [9.17, 15) is 0 Å². The fourth-order valence-corrected chi connectivity index (χ4v) is 5.11. The lowest BCUT2D eigenvalue weighted by molar-refractivity contribution is 0.123. The van der Waals surface area contributed by atoms with Crippen LogP contribution in [0.3, 0.4) is 0 Å².